The highest BCUT2D eigenvalue weighted by atomic mass is 32.1. The van der Waals surface area contributed by atoms with Crippen molar-refractivity contribution in [2.45, 2.75) is 52.3 Å². The second-order valence-electron chi connectivity index (χ2n) is 7.82. The third-order valence-electron chi connectivity index (χ3n) is 4.75. The normalized spacial score (nSPS) is 22.0. The molecule has 0 aromatic carbocycles. The summed E-state index contributed by atoms with van der Waals surface area (Å²) in [6.45, 7) is 8.27. The first-order chi connectivity index (χ1) is 12.2. The fourth-order valence-electron chi connectivity index (χ4n) is 3.48. The molecule has 3 heterocycles. The first-order valence-corrected chi connectivity index (χ1v) is 9.62. The molecule has 0 saturated carbocycles. The Morgan fingerprint density at radius 2 is 2.23 bits per heavy atom. The van der Waals surface area contributed by atoms with Gasteiger partial charge in [0, 0.05) is 13.0 Å². The minimum absolute atomic E-state index is 0.0460. The number of amides is 1. The summed E-state index contributed by atoms with van der Waals surface area (Å²) in [5, 5.41) is 13.3. The molecule has 8 heteroatoms. The molecule has 0 bridgehead atoms. The number of likely N-dealkylation sites (tertiary alicyclic amines) is 1. The standard InChI is InChI=1S/C18H26N4O3S/c1-10-14(26-9-20-10)12-8-25-16(21-12)13-6-11(23)7-22(13)17(24)15(19-5)18(2,3)4/h8-9,11,13,15,19,23H,6-7H2,1-5H3/t11-,13+,15-/m1/s1. The monoisotopic (exact) mass is 378 g/mol. The average Bonchev–Trinajstić information content (AvgIpc) is 3.25. The van der Waals surface area contributed by atoms with Gasteiger partial charge in [-0.05, 0) is 19.4 Å². The smallest absolute Gasteiger partial charge is 0.241 e. The van der Waals surface area contributed by atoms with Crippen molar-refractivity contribution >= 4 is 17.2 Å². The van der Waals surface area contributed by atoms with E-state index in [0.717, 1.165) is 16.3 Å². The zero-order valence-corrected chi connectivity index (χ0v) is 16.6. The van der Waals surface area contributed by atoms with E-state index in [2.05, 4.69) is 15.3 Å². The predicted octanol–water partition coefficient (Wildman–Crippen LogP) is 2.37. The Balaban J connectivity index is 1.88. The van der Waals surface area contributed by atoms with Gasteiger partial charge in [0.2, 0.25) is 11.8 Å². The number of thiazole rings is 1. The first-order valence-electron chi connectivity index (χ1n) is 8.74. The summed E-state index contributed by atoms with van der Waals surface area (Å²) in [5.74, 6) is 0.414. The summed E-state index contributed by atoms with van der Waals surface area (Å²) in [5.41, 5.74) is 3.15. The topological polar surface area (TPSA) is 91.5 Å². The van der Waals surface area contributed by atoms with Crippen molar-refractivity contribution in [2.75, 3.05) is 13.6 Å². The molecule has 7 nitrogen and oxygen atoms in total. The second kappa shape index (κ2) is 7.09. The van der Waals surface area contributed by atoms with Crippen LogP contribution in [0.1, 0.15) is 44.8 Å². The minimum atomic E-state index is -0.582. The third-order valence-corrected chi connectivity index (χ3v) is 5.70. The summed E-state index contributed by atoms with van der Waals surface area (Å²) in [6, 6.07) is -0.717. The largest absolute Gasteiger partial charge is 0.446 e. The van der Waals surface area contributed by atoms with Gasteiger partial charge in [-0.25, -0.2) is 9.97 Å². The number of oxazole rings is 1. The van der Waals surface area contributed by atoms with Gasteiger partial charge in [0.15, 0.2) is 0 Å². The maximum atomic E-state index is 13.1. The van der Waals surface area contributed by atoms with E-state index in [0.29, 0.717) is 12.3 Å². The SMILES string of the molecule is CN[C@H](C(=O)N1C[C@H](O)C[C@H]1c1nc(-c2scnc2C)co1)C(C)(C)C. The van der Waals surface area contributed by atoms with Gasteiger partial charge in [0.25, 0.3) is 0 Å². The van der Waals surface area contributed by atoms with Crippen LogP contribution in [0.25, 0.3) is 10.6 Å². The van der Waals surface area contributed by atoms with E-state index in [4.69, 9.17) is 4.42 Å². The van der Waals surface area contributed by atoms with Gasteiger partial charge < -0.3 is 19.7 Å². The number of β-amino-alcohol motifs (C(OH)–C–C–N with tert-alkyl or cyclic N) is 1. The molecule has 2 aromatic rings. The van der Waals surface area contributed by atoms with Crippen molar-refractivity contribution in [2.24, 2.45) is 5.41 Å². The molecule has 1 saturated heterocycles. The number of aryl methyl sites for hydroxylation is 1. The van der Waals surface area contributed by atoms with Crippen molar-refractivity contribution in [3.8, 4) is 10.6 Å². The molecule has 1 amide bonds. The van der Waals surface area contributed by atoms with Gasteiger partial charge in [-0.15, -0.1) is 11.3 Å². The van der Waals surface area contributed by atoms with Gasteiger partial charge in [-0.2, -0.15) is 0 Å². The number of aliphatic hydroxyl groups excluding tert-OH is 1. The number of carbonyl (C=O) groups is 1. The molecular weight excluding hydrogens is 352 g/mol. The van der Waals surface area contributed by atoms with Crippen molar-refractivity contribution in [1.29, 1.82) is 0 Å². The molecule has 1 aliphatic rings. The third kappa shape index (κ3) is 3.54. The molecular formula is C18H26N4O3S. The fraction of sp³-hybridized carbons (Fsp3) is 0.611. The predicted molar refractivity (Wildman–Crippen MR) is 99.7 cm³/mol. The van der Waals surface area contributed by atoms with Gasteiger partial charge in [0.1, 0.15) is 18.0 Å². The Labute approximate surface area is 157 Å². The molecule has 3 rings (SSSR count). The molecule has 3 atom stereocenters. The van der Waals surface area contributed by atoms with Crippen LogP contribution in [0.5, 0.6) is 0 Å². The van der Waals surface area contributed by atoms with Crippen molar-refractivity contribution in [3.05, 3.63) is 23.4 Å². The van der Waals surface area contributed by atoms with Gasteiger partial charge in [-0.3, -0.25) is 4.79 Å². The van der Waals surface area contributed by atoms with E-state index in [-0.39, 0.29) is 30.0 Å². The molecule has 1 aliphatic heterocycles. The van der Waals surface area contributed by atoms with E-state index in [9.17, 15) is 9.90 Å². The molecule has 0 radical (unpaired) electrons. The van der Waals surface area contributed by atoms with Crippen LogP contribution in [0.15, 0.2) is 16.2 Å². The molecule has 0 aliphatic carbocycles. The maximum absolute atomic E-state index is 13.1. The van der Waals surface area contributed by atoms with Crippen LogP contribution in [-0.2, 0) is 4.79 Å². The Morgan fingerprint density at radius 1 is 1.50 bits per heavy atom. The highest BCUT2D eigenvalue weighted by molar-refractivity contribution is 7.13. The summed E-state index contributed by atoms with van der Waals surface area (Å²) in [7, 11) is 1.78. The molecule has 0 unspecified atom stereocenters. The van der Waals surface area contributed by atoms with E-state index >= 15 is 0 Å². The van der Waals surface area contributed by atoms with Crippen LogP contribution < -0.4 is 5.32 Å². The number of aliphatic hydroxyl groups is 1. The zero-order chi connectivity index (χ0) is 19.1. The molecule has 0 spiro atoms. The summed E-state index contributed by atoms with van der Waals surface area (Å²) < 4.78 is 5.70. The fourth-order valence-corrected chi connectivity index (χ4v) is 4.23. The number of nitrogens with one attached hydrogen (secondary N) is 1. The highest BCUT2D eigenvalue weighted by Gasteiger charge is 2.43. The van der Waals surface area contributed by atoms with Gasteiger partial charge in [-0.1, -0.05) is 20.8 Å². The highest BCUT2D eigenvalue weighted by Crippen LogP contribution is 2.36. The van der Waals surface area contributed by atoms with Gasteiger partial charge >= 0.3 is 0 Å². The number of rotatable bonds is 4. The first kappa shape index (κ1) is 19.0. The molecule has 2 aromatic heterocycles. The van der Waals surface area contributed by atoms with Crippen molar-refractivity contribution < 1.29 is 14.3 Å². The molecule has 26 heavy (non-hydrogen) atoms. The quantitative estimate of drug-likeness (QED) is 0.849. The van der Waals surface area contributed by atoms with Crippen LogP contribution in [0, 0.1) is 12.3 Å². The lowest BCUT2D eigenvalue weighted by atomic mass is 9.86. The Kier molecular flexibility index (Phi) is 5.18. The molecule has 142 valence electrons. The van der Waals surface area contributed by atoms with Crippen molar-refractivity contribution in [1.82, 2.24) is 20.2 Å². The second-order valence-corrected chi connectivity index (χ2v) is 8.68. The number of likely N-dealkylation sites (N-methyl/N-ethyl adjacent to an activating group) is 1. The summed E-state index contributed by atoms with van der Waals surface area (Å²) >= 11 is 1.50. The Morgan fingerprint density at radius 3 is 2.81 bits per heavy atom. The summed E-state index contributed by atoms with van der Waals surface area (Å²) in [4.78, 5) is 24.6. The maximum Gasteiger partial charge on any atom is 0.241 e. The molecule has 2 N–H and O–H groups in total. The van der Waals surface area contributed by atoms with Crippen LogP contribution >= 0.6 is 11.3 Å². The lowest BCUT2D eigenvalue weighted by molar-refractivity contribution is -0.137. The number of nitrogens with zero attached hydrogens (tertiary/aromatic N) is 3. The average molecular weight is 378 g/mol. The number of hydrogen-bond acceptors (Lipinski definition) is 7. The summed E-state index contributed by atoms with van der Waals surface area (Å²) in [6.07, 6.45) is 1.44. The Bertz CT molecular complexity index is 779. The van der Waals surface area contributed by atoms with E-state index in [1.54, 1.807) is 23.7 Å². The zero-order valence-electron chi connectivity index (χ0n) is 15.8. The number of aromatic nitrogens is 2. The van der Waals surface area contributed by atoms with Crippen molar-refractivity contribution in [3.63, 3.8) is 0 Å². The number of hydrogen-bond donors (Lipinski definition) is 2. The van der Waals surface area contributed by atoms with Crippen LogP contribution in [0.3, 0.4) is 0 Å². The van der Waals surface area contributed by atoms with Gasteiger partial charge in [0.05, 0.1) is 28.2 Å². The minimum Gasteiger partial charge on any atom is -0.446 e. The molecule has 1 fully saturated rings. The van der Waals surface area contributed by atoms with Crippen LogP contribution in [0.2, 0.25) is 0 Å². The lowest BCUT2D eigenvalue weighted by Crippen LogP contribution is -2.52. The van der Waals surface area contributed by atoms with E-state index in [1.807, 2.05) is 27.7 Å². The van der Waals surface area contributed by atoms with Crippen LogP contribution in [0.4, 0.5) is 0 Å². The van der Waals surface area contributed by atoms with E-state index < -0.39 is 6.10 Å². The lowest BCUT2D eigenvalue weighted by Gasteiger charge is -2.34. The van der Waals surface area contributed by atoms with E-state index in [1.165, 1.54) is 11.3 Å². The van der Waals surface area contributed by atoms with Crippen LogP contribution in [-0.4, -0.2) is 51.6 Å². The number of carbonyl (C=O) groups excluding carboxylic acids is 1. The Hall–Kier alpha value is -1.77.